The predicted octanol–water partition coefficient (Wildman–Crippen LogP) is 0.618. The van der Waals surface area contributed by atoms with Crippen LogP contribution in [-0.2, 0) is 14.5 Å². The zero-order chi connectivity index (χ0) is 12.6. The molecule has 1 amide bonds. The van der Waals surface area contributed by atoms with Crippen molar-refractivity contribution in [3.63, 3.8) is 0 Å². The summed E-state index contributed by atoms with van der Waals surface area (Å²) in [5, 5.41) is 13.3. The summed E-state index contributed by atoms with van der Waals surface area (Å²) in [5.41, 5.74) is -0.331. The first kappa shape index (κ1) is 12.3. The van der Waals surface area contributed by atoms with Gasteiger partial charge in [-0.1, -0.05) is 0 Å². The fourth-order valence-corrected chi connectivity index (χ4v) is 2.63. The van der Waals surface area contributed by atoms with E-state index >= 15 is 0 Å². The number of aliphatic hydroxyl groups is 1. The second kappa shape index (κ2) is 4.29. The molecule has 2 heterocycles. The molecule has 1 spiro atoms. The van der Waals surface area contributed by atoms with Gasteiger partial charge in [-0.2, -0.15) is 5.06 Å². The summed E-state index contributed by atoms with van der Waals surface area (Å²) in [5.74, 6) is -0.115. The number of hydrogen-bond donors (Lipinski definition) is 1. The lowest BCUT2D eigenvalue weighted by Gasteiger charge is -2.42. The molecular weight excluding hydrogens is 224 g/mol. The Morgan fingerprint density at radius 1 is 1.24 bits per heavy atom. The third-order valence-electron chi connectivity index (χ3n) is 3.68. The van der Waals surface area contributed by atoms with Gasteiger partial charge in [-0.15, -0.1) is 0 Å². The van der Waals surface area contributed by atoms with E-state index in [1.165, 1.54) is 12.2 Å². The number of carbonyl (C=O) groups excluding carboxylic acids is 1. The Bertz CT molecular complexity index is 358. The smallest absolute Gasteiger partial charge is 0.277 e. The lowest BCUT2D eigenvalue weighted by molar-refractivity contribution is -0.221. The van der Waals surface area contributed by atoms with Crippen molar-refractivity contribution in [1.82, 2.24) is 10.1 Å². The molecule has 2 rings (SSSR count). The van der Waals surface area contributed by atoms with Crippen LogP contribution in [-0.4, -0.2) is 54.0 Å². The maximum absolute atomic E-state index is 11.9. The Labute approximate surface area is 100 Å². The third-order valence-corrected chi connectivity index (χ3v) is 3.68. The average molecular weight is 242 g/mol. The summed E-state index contributed by atoms with van der Waals surface area (Å²) < 4.78 is 0. The van der Waals surface area contributed by atoms with Crippen LogP contribution < -0.4 is 0 Å². The van der Waals surface area contributed by atoms with E-state index in [1.54, 1.807) is 14.0 Å². The molecule has 17 heavy (non-hydrogen) atoms. The summed E-state index contributed by atoms with van der Waals surface area (Å²) in [6.45, 7) is 2.93. The normalized spacial score (nSPS) is 25.1. The van der Waals surface area contributed by atoms with E-state index in [0.717, 1.165) is 0 Å². The number of carbonyl (C=O) groups is 1. The molecule has 0 atom stereocenters. The minimum atomic E-state index is -0.703. The zero-order valence-corrected chi connectivity index (χ0v) is 10.4. The van der Waals surface area contributed by atoms with Gasteiger partial charge in [0.25, 0.3) is 5.91 Å². The molecule has 1 fully saturated rings. The molecule has 0 radical (unpaired) electrons. The Morgan fingerprint density at radius 3 is 2.29 bits per heavy atom. The SMILES string of the molecule is CON1CCC2(CC1)C(O)=C(C)C(=O)N2OC. The van der Waals surface area contributed by atoms with Crippen LogP contribution >= 0.6 is 0 Å². The Hall–Kier alpha value is -1.11. The fraction of sp³-hybridized carbons (Fsp3) is 0.727. The van der Waals surface area contributed by atoms with E-state index in [9.17, 15) is 9.90 Å². The second-order valence-corrected chi connectivity index (χ2v) is 4.40. The molecule has 0 aromatic rings. The van der Waals surface area contributed by atoms with Crippen molar-refractivity contribution < 1.29 is 19.6 Å². The second-order valence-electron chi connectivity index (χ2n) is 4.40. The molecule has 0 bridgehead atoms. The van der Waals surface area contributed by atoms with Gasteiger partial charge in [0.15, 0.2) is 0 Å². The molecule has 1 saturated heterocycles. The van der Waals surface area contributed by atoms with Gasteiger partial charge in [0.05, 0.1) is 19.8 Å². The van der Waals surface area contributed by atoms with Crippen LogP contribution in [0.4, 0.5) is 0 Å². The van der Waals surface area contributed by atoms with Gasteiger partial charge in [-0.3, -0.25) is 9.63 Å². The van der Waals surface area contributed by atoms with Crippen LogP contribution in [0.2, 0.25) is 0 Å². The van der Waals surface area contributed by atoms with E-state index < -0.39 is 5.54 Å². The third kappa shape index (κ3) is 1.64. The summed E-state index contributed by atoms with van der Waals surface area (Å²) in [7, 11) is 3.07. The molecular formula is C11H18N2O4. The summed E-state index contributed by atoms with van der Waals surface area (Å²) in [6, 6.07) is 0. The molecule has 0 aromatic carbocycles. The van der Waals surface area contributed by atoms with Gasteiger partial charge in [0, 0.05) is 13.1 Å². The standard InChI is InChI=1S/C11H18N2O4/c1-8-9(14)11(13(17-3)10(8)15)4-6-12(16-2)7-5-11/h14H,4-7H2,1-3H3. The quantitative estimate of drug-likeness (QED) is 0.769. The van der Waals surface area contributed by atoms with Crippen molar-refractivity contribution >= 4 is 5.91 Å². The van der Waals surface area contributed by atoms with Crippen LogP contribution in [0.1, 0.15) is 19.8 Å². The molecule has 0 aromatic heterocycles. The first-order valence-electron chi connectivity index (χ1n) is 5.65. The first-order chi connectivity index (χ1) is 8.06. The number of hydroxylamine groups is 4. The van der Waals surface area contributed by atoms with Crippen LogP contribution in [0.25, 0.3) is 0 Å². The van der Waals surface area contributed by atoms with Crippen LogP contribution in [0.5, 0.6) is 0 Å². The molecule has 0 aliphatic carbocycles. The molecule has 6 heteroatoms. The zero-order valence-electron chi connectivity index (χ0n) is 10.4. The molecule has 1 N–H and O–H groups in total. The number of nitrogens with zero attached hydrogens (tertiary/aromatic N) is 2. The Kier molecular flexibility index (Phi) is 3.11. The first-order valence-corrected chi connectivity index (χ1v) is 5.65. The van der Waals surface area contributed by atoms with E-state index in [0.29, 0.717) is 31.5 Å². The fourth-order valence-electron chi connectivity index (χ4n) is 2.63. The maximum atomic E-state index is 11.9. The Balaban J connectivity index is 2.27. The average Bonchev–Trinajstić information content (AvgIpc) is 2.53. The molecule has 0 saturated carbocycles. The predicted molar refractivity (Wildman–Crippen MR) is 59.7 cm³/mol. The largest absolute Gasteiger partial charge is 0.509 e. The number of hydrogen-bond acceptors (Lipinski definition) is 5. The lowest BCUT2D eigenvalue weighted by atomic mass is 9.87. The van der Waals surface area contributed by atoms with Crippen molar-refractivity contribution in [3.8, 4) is 0 Å². The van der Waals surface area contributed by atoms with Gasteiger partial charge < -0.3 is 9.94 Å². The van der Waals surface area contributed by atoms with Gasteiger partial charge >= 0.3 is 0 Å². The Morgan fingerprint density at radius 2 is 1.82 bits per heavy atom. The van der Waals surface area contributed by atoms with Crippen LogP contribution in [0.3, 0.4) is 0 Å². The van der Waals surface area contributed by atoms with Gasteiger partial charge in [0.1, 0.15) is 11.3 Å². The lowest BCUT2D eigenvalue weighted by Crippen LogP contribution is -2.54. The molecule has 2 aliphatic heterocycles. The number of amides is 1. The highest BCUT2D eigenvalue weighted by Crippen LogP contribution is 2.41. The molecule has 6 nitrogen and oxygen atoms in total. The van der Waals surface area contributed by atoms with Crippen molar-refractivity contribution in [2.75, 3.05) is 27.3 Å². The van der Waals surface area contributed by atoms with E-state index in [-0.39, 0.29) is 11.7 Å². The van der Waals surface area contributed by atoms with Gasteiger partial charge in [0.2, 0.25) is 0 Å². The highest BCUT2D eigenvalue weighted by molar-refractivity contribution is 5.96. The van der Waals surface area contributed by atoms with Crippen molar-refractivity contribution in [1.29, 1.82) is 0 Å². The number of rotatable bonds is 2. The topological polar surface area (TPSA) is 62.2 Å². The monoisotopic (exact) mass is 242 g/mol. The van der Waals surface area contributed by atoms with E-state index in [4.69, 9.17) is 9.68 Å². The minimum absolute atomic E-state index is 0.139. The molecule has 0 unspecified atom stereocenters. The molecule has 96 valence electrons. The maximum Gasteiger partial charge on any atom is 0.277 e. The van der Waals surface area contributed by atoms with Crippen LogP contribution in [0, 0.1) is 0 Å². The van der Waals surface area contributed by atoms with Crippen molar-refractivity contribution in [2.45, 2.75) is 25.3 Å². The summed E-state index contributed by atoms with van der Waals surface area (Å²) in [6.07, 6.45) is 1.20. The highest BCUT2D eigenvalue weighted by atomic mass is 16.7. The highest BCUT2D eigenvalue weighted by Gasteiger charge is 2.53. The van der Waals surface area contributed by atoms with Crippen molar-refractivity contribution in [3.05, 3.63) is 11.3 Å². The number of piperidine rings is 1. The van der Waals surface area contributed by atoms with E-state index in [1.807, 2.05) is 5.06 Å². The van der Waals surface area contributed by atoms with Crippen molar-refractivity contribution in [2.24, 2.45) is 0 Å². The minimum Gasteiger partial charge on any atom is -0.509 e. The van der Waals surface area contributed by atoms with Crippen LogP contribution in [0.15, 0.2) is 11.3 Å². The van der Waals surface area contributed by atoms with E-state index in [2.05, 4.69) is 0 Å². The summed E-state index contributed by atoms with van der Waals surface area (Å²) >= 11 is 0. The summed E-state index contributed by atoms with van der Waals surface area (Å²) in [4.78, 5) is 22.2. The van der Waals surface area contributed by atoms with Gasteiger partial charge in [-0.05, 0) is 19.8 Å². The number of aliphatic hydroxyl groups excluding tert-OH is 1. The van der Waals surface area contributed by atoms with Gasteiger partial charge in [-0.25, -0.2) is 5.06 Å². The molecule has 2 aliphatic rings.